The Kier molecular flexibility index (Phi) is 10.5. The van der Waals surface area contributed by atoms with Crippen molar-refractivity contribution in [3.05, 3.63) is 52.1 Å². The third-order valence-corrected chi connectivity index (χ3v) is 7.20. The number of sulfonamides is 1. The van der Waals surface area contributed by atoms with Crippen LogP contribution in [0.4, 0.5) is 5.88 Å². The normalized spacial score (nSPS) is 16.3. The molecule has 0 fully saturated rings. The molecule has 0 saturated heterocycles. The molecule has 2 unspecified atom stereocenters. The van der Waals surface area contributed by atoms with Crippen LogP contribution in [-0.2, 0) is 26.0 Å². The third-order valence-electron chi connectivity index (χ3n) is 6.64. The lowest BCUT2D eigenvalue weighted by Crippen LogP contribution is -2.47. The summed E-state index contributed by atoms with van der Waals surface area (Å²) in [6, 6.07) is 8.59. The molecule has 1 heterocycles. The van der Waals surface area contributed by atoms with E-state index in [0.717, 1.165) is 45.0 Å². The number of carbonyl (C=O) groups is 2. The maximum Gasteiger partial charge on any atom is 0.232 e. The van der Waals surface area contributed by atoms with Gasteiger partial charge in [0, 0.05) is 29.4 Å². The molecule has 0 saturated carbocycles. The van der Waals surface area contributed by atoms with Gasteiger partial charge in [0.25, 0.3) is 0 Å². The van der Waals surface area contributed by atoms with Crippen molar-refractivity contribution in [3.63, 3.8) is 0 Å². The van der Waals surface area contributed by atoms with E-state index in [4.69, 9.17) is 9.15 Å². The Morgan fingerprint density at radius 1 is 1.08 bits per heavy atom. The number of fused-ring (bicyclic) bond motifs is 1. The van der Waals surface area contributed by atoms with Crippen molar-refractivity contribution < 1.29 is 27.2 Å². The SMILES string of the molecule is CCCCN(CCCC)C(CC)OC1C=c2oc(NS(C)(=O)=O)c(CC)c2=C(C(=O)c2ccccc2)C1=O. The van der Waals surface area contributed by atoms with Gasteiger partial charge in [-0.1, -0.05) is 70.9 Å². The molecular weight excluding hydrogens is 504 g/mol. The van der Waals surface area contributed by atoms with Gasteiger partial charge < -0.3 is 9.15 Å². The Morgan fingerprint density at radius 3 is 2.24 bits per heavy atom. The van der Waals surface area contributed by atoms with Crippen molar-refractivity contribution in [1.29, 1.82) is 0 Å². The van der Waals surface area contributed by atoms with E-state index in [1.54, 1.807) is 36.4 Å². The van der Waals surface area contributed by atoms with Crippen LogP contribution in [0.5, 0.6) is 0 Å². The quantitative estimate of drug-likeness (QED) is 0.270. The highest BCUT2D eigenvalue weighted by Gasteiger charge is 2.35. The van der Waals surface area contributed by atoms with Crippen LogP contribution in [0.25, 0.3) is 11.6 Å². The summed E-state index contributed by atoms with van der Waals surface area (Å²) in [4.78, 5) is 30.0. The van der Waals surface area contributed by atoms with Gasteiger partial charge in [-0.05, 0) is 31.8 Å². The summed E-state index contributed by atoms with van der Waals surface area (Å²) in [5.74, 6) is -0.874. The molecule has 0 aliphatic heterocycles. The van der Waals surface area contributed by atoms with E-state index >= 15 is 0 Å². The van der Waals surface area contributed by atoms with Gasteiger partial charge in [0.05, 0.1) is 11.8 Å². The molecule has 2 atom stereocenters. The van der Waals surface area contributed by atoms with E-state index in [1.165, 1.54) is 0 Å². The van der Waals surface area contributed by atoms with Crippen LogP contribution in [0.15, 0.2) is 34.7 Å². The van der Waals surface area contributed by atoms with Gasteiger partial charge in [-0.2, -0.15) is 0 Å². The summed E-state index contributed by atoms with van der Waals surface area (Å²) in [6.45, 7) is 9.82. The number of benzene rings is 1. The molecular formula is C29H40N2O6S. The number of furan rings is 1. The minimum Gasteiger partial charge on any atom is -0.440 e. The summed E-state index contributed by atoms with van der Waals surface area (Å²) < 4.78 is 38.8. The number of rotatable bonds is 15. The van der Waals surface area contributed by atoms with Crippen molar-refractivity contribution in [3.8, 4) is 0 Å². The molecule has 3 rings (SSSR count). The highest BCUT2D eigenvalue weighted by molar-refractivity contribution is 7.92. The second-order valence-corrected chi connectivity index (χ2v) is 11.4. The van der Waals surface area contributed by atoms with Gasteiger partial charge in [-0.25, -0.2) is 8.42 Å². The molecule has 2 aromatic rings. The summed E-state index contributed by atoms with van der Waals surface area (Å²) >= 11 is 0. The standard InChI is InChI=1S/C29H40N2O6S/c1-6-10-17-31(18-11-7-2)24(9-4)36-23-19-22-25(21(8-3)29(37-22)30-38(5,34)35)26(28(23)33)27(32)20-15-13-12-14-16-20/h12-16,19,23-24,30H,6-11,17-18H2,1-5H3. The first-order valence-electron chi connectivity index (χ1n) is 13.5. The zero-order chi connectivity index (χ0) is 27.9. The number of carbonyl (C=O) groups excluding carboxylic acids is 2. The molecule has 0 bridgehead atoms. The molecule has 9 heteroatoms. The minimum absolute atomic E-state index is 0.0163. The maximum absolute atomic E-state index is 14.0. The van der Waals surface area contributed by atoms with Crippen molar-refractivity contribution >= 4 is 39.1 Å². The lowest BCUT2D eigenvalue weighted by molar-refractivity contribution is -0.133. The topological polar surface area (TPSA) is 106 Å². The number of unbranched alkanes of at least 4 members (excludes halogenated alkanes) is 2. The second kappa shape index (κ2) is 13.4. The van der Waals surface area contributed by atoms with Crippen LogP contribution >= 0.6 is 0 Å². The van der Waals surface area contributed by atoms with Crippen molar-refractivity contribution in [1.82, 2.24) is 4.90 Å². The van der Waals surface area contributed by atoms with Crippen LogP contribution in [0.2, 0.25) is 0 Å². The molecule has 0 amide bonds. The zero-order valence-corrected chi connectivity index (χ0v) is 23.9. The summed E-state index contributed by atoms with van der Waals surface area (Å²) in [5, 5.41) is 0.333. The first-order valence-corrected chi connectivity index (χ1v) is 15.4. The Labute approximate surface area is 225 Å². The maximum atomic E-state index is 14.0. The van der Waals surface area contributed by atoms with Crippen molar-refractivity contribution in [2.45, 2.75) is 78.6 Å². The predicted octanol–water partition coefficient (Wildman–Crippen LogP) is 3.63. The molecule has 208 valence electrons. The average molecular weight is 545 g/mol. The molecule has 0 radical (unpaired) electrons. The van der Waals surface area contributed by atoms with E-state index in [2.05, 4.69) is 23.5 Å². The van der Waals surface area contributed by atoms with E-state index in [9.17, 15) is 18.0 Å². The summed E-state index contributed by atoms with van der Waals surface area (Å²) in [6.07, 6.45) is 6.38. The lowest BCUT2D eigenvalue weighted by Gasteiger charge is -2.33. The summed E-state index contributed by atoms with van der Waals surface area (Å²) in [7, 11) is -3.65. The number of ether oxygens (including phenoxy) is 1. The lowest BCUT2D eigenvalue weighted by atomic mass is 9.90. The van der Waals surface area contributed by atoms with Gasteiger partial charge in [-0.3, -0.25) is 19.2 Å². The average Bonchev–Trinajstić information content (AvgIpc) is 3.22. The van der Waals surface area contributed by atoms with Gasteiger partial charge in [-0.15, -0.1) is 0 Å². The first kappa shape index (κ1) is 29.8. The van der Waals surface area contributed by atoms with Crippen LogP contribution in [0, 0.1) is 0 Å². The minimum atomic E-state index is -3.65. The number of nitrogens with zero attached hydrogens (tertiary/aromatic N) is 1. The highest BCUT2D eigenvalue weighted by atomic mass is 32.2. The molecule has 1 aromatic heterocycles. The van der Waals surface area contributed by atoms with E-state index < -0.39 is 27.7 Å². The van der Waals surface area contributed by atoms with E-state index in [1.807, 2.05) is 13.8 Å². The van der Waals surface area contributed by atoms with Crippen LogP contribution in [-0.4, -0.2) is 56.6 Å². The van der Waals surface area contributed by atoms with E-state index in [0.29, 0.717) is 29.2 Å². The van der Waals surface area contributed by atoms with Crippen LogP contribution in [0.1, 0.15) is 75.7 Å². The highest BCUT2D eigenvalue weighted by Crippen LogP contribution is 2.22. The van der Waals surface area contributed by atoms with Gasteiger partial charge in [0.15, 0.2) is 11.6 Å². The van der Waals surface area contributed by atoms with Crippen molar-refractivity contribution in [2.24, 2.45) is 0 Å². The monoisotopic (exact) mass is 544 g/mol. The van der Waals surface area contributed by atoms with Crippen LogP contribution in [0.3, 0.4) is 0 Å². The fourth-order valence-corrected chi connectivity index (χ4v) is 5.24. The second-order valence-electron chi connectivity index (χ2n) is 9.64. The molecule has 1 aromatic carbocycles. The molecule has 1 N–H and O–H groups in total. The molecule has 8 nitrogen and oxygen atoms in total. The number of ketones is 2. The Bertz CT molecular complexity index is 1340. The van der Waals surface area contributed by atoms with Crippen molar-refractivity contribution in [2.75, 3.05) is 24.1 Å². The zero-order valence-electron chi connectivity index (χ0n) is 23.1. The van der Waals surface area contributed by atoms with Gasteiger partial charge in [0.1, 0.15) is 17.7 Å². The number of hydrogen-bond acceptors (Lipinski definition) is 7. The van der Waals surface area contributed by atoms with Crippen LogP contribution < -0.4 is 15.4 Å². The molecule has 0 spiro atoms. The summed E-state index contributed by atoms with van der Waals surface area (Å²) in [5.41, 5.74) is 1.06. The van der Waals surface area contributed by atoms with Gasteiger partial charge in [0.2, 0.25) is 15.9 Å². The van der Waals surface area contributed by atoms with Gasteiger partial charge >= 0.3 is 0 Å². The number of anilines is 1. The fourth-order valence-electron chi connectivity index (χ4n) is 4.74. The molecule has 1 aliphatic carbocycles. The molecule has 1 aliphatic rings. The Balaban J connectivity index is 2.14. The van der Waals surface area contributed by atoms with E-state index in [-0.39, 0.29) is 23.1 Å². The fraction of sp³-hybridized carbons (Fsp3) is 0.517. The Morgan fingerprint density at radius 2 is 1.71 bits per heavy atom. The predicted molar refractivity (Wildman–Crippen MR) is 150 cm³/mol. The Hall–Kier alpha value is -2.75. The molecule has 38 heavy (non-hydrogen) atoms. The first-order chi connectivity index (χ1) is 18.1. The number of Topliss-reactive ketones (excluding diaryl/α,β-unsaturated/α-hetero) is 2. The largest absolute Gasteiger partial charge is 0.440 e. The third kappa shape index (κ3) is 7.01. The smallest absolute Gasteiger partial charge is 0.232 e. The number of nitrogens with one attached hydrogen (secondary N) is 1. The number of hydrogen-bond donors (Lipinski definition) is 1.